The fourth-order valence-corrected chi connectivity index (χ4v) is 10.5. The van der Waals surface area contributed by atoms with Crippen molar-refractivity contribution in [2.45, 2.75) is 19.3 Å². The summed E-state index contributed by atoms with van der Waals surface area (Å²) in [6.45, 7) is 4.73. The molecule has 0 unspecified atom stereocenters. The van der Waals surface area contributed by atoms with Gasteiger partial charge in [0.2, 0.25) is 0 Å². The van der Waals surface area contributed by atoms with Crippen LogP contribution in [0.4, 0.5) is 0 Å². The van der Waals surface area contributed by atoms with E-state index in [-0.39, 0.29) is 5.41 Å². The number of rotatable bonds is 3. The highest BCUT2D eigenvalue weighted by Gasteiger charge is 2.35. The number of hydrogen-bond donors (Lipinski definition) is 0. The van der Waals surface area contributed by atoms with Crippen LogP contribution in [0.1, 0.15) is 25.0 Å². The molecule has 13 rings (SSSR count). The molecule has 0 aliphatic heterocycles. The molecule has 10 aromatic carbocycles. The summed E-state index contributed by atoms with van der Waals surface area (Å²) in [6.07, 6.45) is 0. The van der Waals surface area contributed by atoms with Crippen molar-refractivity contribution in [3.05, 3.63) is 193 Å². The second-order valence-electron chi connectivity index (χ2n) is 16.7. The summed E-state index contributed by atoms with van der Waals surface area (Å²) in [5, 5.41) is 11.6. The van der Waals surface area contributed by atoms with Crippen molar-refractivity contribution in [1.82, 2.24) is 0 Å². The van der Waals surface area contributed by atoms with E-state index in [0.717, 1.165) is 54.8 Å². The molecule has 59 heavy (non-hydrogen) atoms. The Morgan fingerprint density at radius 2 is 0.814 bits per heavy atom. The fraction of sp³-hybridized carbons (Fsp3) is 0.0526. The van der Waals surface area contributed by atoms with E-state index >= 15 is 0 Å². The van der Waals surface area contributed by atoms with Crippen molar-refractivity contribution < 1.29 is 8.83 Å². The van der Waals surface area contributed by atoms with Crippen molar-refractivity contribution in [2.24, 2.45) is 0 Å². The normalized spacial score (nSPS) is 13.4. The number of para-hydroxylation sites is 1. The topological polar surface area (TPSA) is 26.3 Å². The van der Waals surface area contributed by atoms with Crippen LogP contribution in [0.2, 0.25) is 0 Å². The molecule has 2 nitrogen and oxygen atoms in total. The molecule has 0 fully saturated rings. The highest BCUT2D eigenvalue weighted by molar-refractivity contribution is 6.23. The minimum atomic E-state index is -0.0726. The lowest BCUT2D eigenvalue weighted by Crippen LogP contribution is -2.14. The van der Waals surface area contributed by atoms with Gasteiger partial charge in [-0.25, -0.2) is 0 Å². The molecule has 2 heterocycles. The zero-order valence-electron chi connectivity index (χ0n) is 32.6. The van der Waals surface area contributed by atoms with Crippen molar-refractivity contribution in [3.8, 4) is 44.5 Å². The number of hydrogen-bond acceptors (Lipinski definition) is 2. The summed E-state index contributed by atoms with van der Waals surface area (Å²) in [7, 11) is 0. The molecule has 0 N–H and O–H groups in total. The number of furan rings is 2. The maximum atomic E-state index is 6.69. The van der Waals surface area contributed by atoms with Crippen LogP contribution in [0.15, 0.2) is 191 Å². The first-order valence-corrected chi connectivity index (χ1v) is 20.5. The SMILES string of the molecule is CC1(C)c2ccccc2-c2ccc(-c3c4ccccc4c(-c4ccc(-c5cc6c7cc8oc9ccccc9c8cc7oc6c6ccccc56)cc4)c4ccccc34)cc21. The van der Waals surface area contributed by atoms with Crippen LogP contribution < -0.4 is 0 Å². The molecule has 12 aromatic rings. The van der Waals surface area contributed by atoms with Gasteiger partial charge >= 0.3 is 0 Å². The predicted octanol–water partition coefficient (Wildman–Crippen LogP) is 16.3. The van der Waals surface area contributed by atoms with Crippen LogP contribution in [0.25, 0.3) is 121 Å². The Hall–Kier alpha value is -7.42. The minimum absolute atomic E-state index is 0.0726. The third-order valence-corrected chi connectivity index (χ3v) is 13.3. The molecule has 1 aliphatic rings. The molecule has 0 amide bonds. The van der Waals surface area contributed by atoms with Crippen molar-refractivity contribution in [1.29, 1.82) is 0 Å². The molecule has 0 saturated carbocycles. The molecular formula is C57H36O2. The minimum Gasteiger partial charge on any atom is -0.456 e. The van der Waals surface area contributed by atoms with Crippen LogP contribution in [-0.4, -0.2) is 0 Å². The molecular weight excluding hydrogens is 717 g/mol. The van der Waals surface area contributed by atoms with Crippen LogP contribution in [0, 0.1) is 0 Å². The Bertz CT molecular complexity index is 3690. The van der Waals surface area contributed by atoms with Gasteiger partial charge < -0.3 is 8.83 Å². The average molecular weight is 753 g/mol. The van der Waals surface area contributed by atoms with Crippen molar-refractivity contribution in [3.63, 3.8) is 0 Å². The van der Waals surface area contributed by atoms with Gasteiger partial charge in [-0.15, -0.1) is 0 Å². The van der Waals surface area contributed by atoms with Gasteiger partial charge in [0.25, 0.3) is 0 Å². The Kier molecular flexibility index (Phi) is 6.54. The van der Waals surface area contributed by atoms with Gasteiger partial charge in [0.15, 0.2) is 0 Å². The fourth-order valence-electron chi connectivity index (χ4n) is 10.5. The highest BCUT2D eigenvalue weighted by atomic mass is 16.3. The van der Waals surface area contributed by atoms with E-state index in [1.807, 2.05) is 12.1 Å². The van der Waals surface area contributed by atoms with E-state index in [1.54, 1.807) is 0 Å². The van der Waals surface area contributed by atoms with Crippen molar-refractivity contribution >= 4 is 76.2 Å². The van der Waals surface area contributed by atoms with E-state index in [4.69, 9.17) is 8.83 Å². The molecule has 0 saturated heterocycles. The molecule has 0 bridgehead atoms. The Labute approximate surface area is 340 Å². The molecule has 2 aromatic heterocycles. The molecule has 0 spiro atoms. The molecule has 1 aliphatic carbocycles. The van der Waals surface area contributed by atoms with Gasteiger partial charge in [0.1, 0.15) is 22.3 Å². The monoisotopic (exact) mass is 752 g/mol. The van der Waals surface area contributed by atoms with Crippen molar-refractivity contribution in [2.75, 3.05) is 0 Å². The van der Waals surface area contributed by atoms with E-state index in [2.05, 4.69) is 184 Å². The summed E-state index contributed by atoms with van der Waals surface area (Å²) >= 11 is 0. The third kappa shape index (κ3) is 4.52. The maximum Gasteiger partial charge on any atom is 0.143 e. The smallest absolute Gasteiger partial charge is 0.143 e. The van der Waals surface area contributed by atoms with Crippen LogP contribution in [-0.2, 0) is 5.41 Å². The van der Waals surface area contributed by atoms with E-state index in [0.29, 0.717) is 0 Å². The predicted molar refractivity (Wildman–Crippen MR) is 247 cm³/mol. The van der Waals surface area contributed by atoms with E-state index in [1.165, 1.54) is 77.0 Å². The summed E-state index contributed by atoms with van der Waals surface area (Å²) in [4.78, 5) is 0. The van der Waals surface area contributed by atoms with Gasteiger partial charge in [-0.1, -0.05) is 166 Å². The lowest BCUT2D eigenvalue weighted by molar-refractivity contribution is 0.660. The average Bonchev–Trinajstić information content (AvgIpc) is 3.91. The molecule has 2 heteroatoms. The highest BCUT2D eigenvalue weighted by Crippen LogP contribution is 2.51. The van der Waals surface area contributed by atoms with E-state index < -0.39 is 0 Å². The first kappa shape index (κ1) is 32.6. The quantitative estimate of drug-likeness (QED) is 0.168. The first-order valence-electron chi connectivity index (χ1n) is 20.5. The zero-order chi connectivity index (χ0) is 39.0. The van der Waals surface area contributed by atoms with Gasteiger partial charge in [0, 0.05) is 32.3 Å². The van der Waals surface area contributed by atoms with E-state index in [9.17, 15) is 0 Å². The Morgan fingerprint density at radius 1 is 0.305 bits per heavy atom. The zero-order valence-corrected chi connectivity index (χ0v) is 32.6. The van der Waals surface area contributed by atoms with Gasteiger partial charge in [-0.2, -0.15) is 0 Å². The Balaban J connectivity index is 0.980. The second-order valence-corrected chi connectivity index (χ2v) is 16.7. The Morgan fingerprint density at radius 3 is 1.53 bits per heavy atom. The summed E-state index contributed by atoms with van der Waals surface area (Å²) in [5.74, 6) is 0. The van der Waals surface area contributed by atoms with Crippen LogP contribution >= 0.6 is 0 Å². The van der Waals surface area contributed by atoms with Crippen LogP contribution in [0.3, 0.4) is 0 Å². The van der Waals surface area contributed by atoms with Gasteiger partial charge in [-0.3, -0.25) is 0 Å². The largest absolute Gasteiger partial charge is 0.456 e. The summed E-state index contributed by atoms with van der Waals surface area (Å²) < 4.78 is 13.0. The second kappa shape index (κ2) is 11.8. The molecule has 0 radical (unpaired) electrons. The maximum absolute atomic E-state index is 6.69. The summed E-state index contributed by atoms with van der Waals surface area (Å²) in [6, 6.07) is 66.6. The van der Waals surface area contributed by atoms with Gasteiger partial charge in [-0.05, 0) is 113 Å². The lowest BCUT2D eigenvalue weighted by atomic mass is 9.80. The summed E-state index contributed by atoms with van der Waals surface area (Å²) in [5.41, 5.74) is 16.3. The molecule has 276 valence electrons. The lowest BCUT2D eigenvalue weighted by Gasteiger charge is -2.23. The van der Waals surface area contributed by atoms with Crippen LogP contribution in [0.5, 0.6) is 0 Å². The molecule has 0 atom stereocenters. The first-order chi connectivity index (χ1) is 29.0. The van der Waals surface area contributed by atoms with Gasteiger partial charge in [0.05, 0.1) is 0 Å². The number of fused-ring (bicyclic) bond motifs is 13. The third-order valence-electron chi connectivity index (χ3n) is 13.3. The number of benzene rings is 10. The standard InChI is InChI=1S/C57H36O2/c1-57(2)49-21-11-9-14-37(49)38-28-27-35(29-50(38)57)55-42-18-6-4-16-40(42)54(41-17-5-7-19-43(41)55)34-25-23-33(24-26-34)45-30-48-47-32-52-46(39-15-10-12-22-51(39)58-52)31-53(47)59-56(48)44-20-8-3-13-36(44)45/h3-32H,1-2H3.